The average Bonchev–Trinajstić information content (AvgIpc) is 3.05. The van der Waals surface area contributed by atoms with Crippen molar-refractivity contribution in [3.05, 3.63) is 89.6 Å². The van der Waals surface area contributed by atoms with Crippen molar-refractivity contribution in [3.63, 3.8) is 0 Å². The Morgan fingerprint density at radius 2 is 1.83 bits per heavy atom. The molecule has 1 unspecified atom stereocenters. The quantitative estimate of drug-likeness (QED) is 0.672. The molecule has 1 aliphatic heterocycles. The zero-order valence-corrected chi connectivity index (χ0v) is 16.4. The zero-order chi connectivity index (χ0) is 20.9. The van der Waals surface area contributed by atoms with Gasteiger partial charge in [0, 0.05) is 18.3 Å². The van der Waals surface area contributed by atoms with Gasteiger partial charge in [0.1, 0.15) is 18.2 Å². The van der Waals surface area contributed by atoms with Gasteiger partial charge < -0.3 is 14.4 Å². The van der Waals surface area contributed by atoms with Crippen molar-refractivity contribution in [1.82, 2.24) is 9.88 Å². The SMILES string of the molecule is COc1ccc(CN2C(=O)c3ccccc3C2COC(=O)Nc2ccccn2)cc1. The van der Waals surface area contributed by atoms with Gasteiger partial charge in [0.2, 0.25) is 0 Å². The van der Waals surface area contributed by atoms with Crippen molar-refractivity contribution < 1.29 is 19.1 Å². The van der Waals surface area contributed by atoms with Crippen molar-refractivity contribution in [2.45, 2.75) is 12.6 Å². The van der Waals surface area contributed by atoms with Gasteiger partial charge in [0.15, 0.2) is 0 Å². The summed E-state index contributed by atoms with van der Waals surface area (Å²) in [7, 11) is 1.61. The number of pyridine rings is 1. The van der Waals surface area contributed by atoms with Crippen LogP contribution in [0.1, 0.15) is 27.5 Å². The minimum Gasteiger partial charge on any atom is -0.497 e. The fraction of sp³-hybridized carbons (Fsp3) is 0.174. The molecule has 2 amide bonds. The summed E-state index contributed by atoms with van der Waals surface area (Å²) >= 11 is 0. The predicted molar refractivity (Wildman–Crippen MR) is 111 cm³/mol. The molecule has 1 aromatic heterocycles. The molecule has 7 nitrogen and oxygen atoms in total. The van der Waals surface area contributed by atoms with Crippen molar-refractivity contribution in [1.29, 1.82) is 0 Å². The topological polar surface area (TPSA) is 80.8 Å². The summed E-state index contributed by atoms with van der Waals surface area (Å²) in [6.45, 7) is 0.435. The molecule has 2 heterocycles. The standard InChI is InChI=1S/C23H21N3O4/c1-29-17-11-9-16(10-12-17)14-26-20(18-6-2-3-7-19(18)22(26)27)15-30-23(28)25-21-8-4-5-13-24-21/h2-13,20H,14-15H2,1H3,(H,24,25,28). The van der Waals surface area contributed by atoms with Gasteiger partial charge in [-0.3, -0.25) is 10.1 Å². The molecule has 0 bridgehead atoms. The monoisotopic (exact) mass is 403 g/mol. The van der Waals surface area contributed by atoms with Gasteiger partial charge in [0.25, 0.3) is 5.91 Å². The molecule has 1 atom stereocenters. The normalized spacial score (nSPS) is 14.9. The molecule has 0 spiro atoms. The number of fused-ring (bicyclic) bond motifs is 1. The van der Waals surface area contributed by atoms with Crippen LogP contribution in [0.4, 0.5) is 10.6 Å². The number of benzene rings is 2. The number of methoxy groups -OCH3 is 1. The predicted octanol–water partition coefficient (Wildman–Crippen LogP) is 4.04. The van der Waals surface area contributed by atoms with Crippen LogP contribution < -0.4 is 10.1 Å². The summed E-state index contributed by atoms with van der Waals surface area (Å²) < 4.78 is 10.6. The second-order valence-electron chi connectivity index (χ2n) is 6.82. The number of aromatic nitrogens is 1. The van der Waals surface area contributed by atoms with Crippen molar-refractivity contribution >= 4 is 17.8 Å². The Balaban J connectivity index is 1.49. The first-order chi connectivity index (χ1) is 14.7. The molecular weight excluding hydrogens is 382 g/mol. The fourth-order valence-corrected chi connectivity index (χ4v) is 3.47. The first-order valence-corrected chi connectivity index (χ1v) is 9.53. The van der Waals surface area contributed by atoms with Gasteiger partial charge in [-0.1, -0.05) is 36.4 Å². The highest BCUT2D eigenvalue weighted by Gasteiger charge is 2.37. The largest absolute Gasteiger partial charge is 0.497 e. The number of hydrogen-bond donors (Lipinski definition) is 1. The molecule has 0 saturated carbocycles. The fourth-order valence-electron chi connectivity index (χ4n) is 3.47. The number of ether oxygens (including phenoxy) is 2. The van der Waals surface area contributed by atoms with Crippen molar-refractivity contribution in [3.8, 4) is 5.75 Å². The average molecular weight is 403 g/mol. The van der Waals surface area contributed by atoms with E-state index in [4.69, 9.17) is 9.47 Å². The molecule has 30 heavy (non-hydrogen) atoms. The maximum Gasteiger partial charge on any atom is 0.412 e. The van der Waals surface area contributed by atoms with E-state index in [-0.39, 0.29) is 18.6 Å². The molecule has 0 radical (unpaired) electrons. The lowest BCUT2D eigenvalue weighted by molar-refractivity contribution is 0.0604. The summed E-state index contributed by atoms with van der Waals surface area (Å²) in [5.41, 5.74) is 2.44. The van der Waals surface area contributed by atoms with Gasteiger partial charge in [-0.05, 0) is 41.5 Å². The summed E-state index contributed by atoms with van der Waals surface area (Å²) in [5.74, 6) is 1.07. The van der Waals surface area contributed by atoms with Crippen LogP contribution in [0.3, 0.4) is 0 Å². The summed E-state index contributed by atoms with van der Waals surface area (Å²) in [4.78, 5) is 31.0. The maximum absolute atomic E-state index is 13.0. The first-order valence-electron chi connectivity index (χ1n) is 9.53. The van der Waals surface area contributed by atoms with Gasteiger partial charge in [-0.25, -0.2) is 9.78 Å². The first kappa shape index (κ1) is 19.4. The van der Waals surface area contributed by atoms with E-state index in [1.165, 1.54) is 0 Å². The third-order valence-corrected chi connectivity index (χ3v) is 4.97. The van der Waals surface area contributed by atoms with Crippen LogP contribution in [-0.4, -0.2) is 35.6 Å². The molecule has 0 fully saturated rings. The Morgan fingerprint density at radius 3 is 2.57 bits per heavy atom. The van der Waals surface area contributed by atoms with E-state index in [0.717, 1.165) is 16.9 Å². The maximum atomic E-state index is 13.0. The molecule has 4 rings (SSSR count). The molecule has 152 valence electrons. The van der Waals surface area contributed by atoms with Crippen LogP contribution >= 0.6 is 0 Å². The van der Waals surface area contributed by atoms with Crippen LogP contribution in [0.5, 0.6) is 5.75 Å². The van der Waals surface area contributed by atoms with Crippen LogP contribution in [0.2, 0.25) is 0 Å². The lowest BCUT2D eigenvalue weighted by Crippen LogP contribution is -2.31. The van der Waals surface area contributed by atoms with Gasteiger partial charge in [-0.15, -0.1) is 0 Å². The van der Waals surface area contributed by atoms with E-state index < -0.39 is 6.09 Å². The van der Waals surface area contributed by atoms with E-state index in [0.29, 0.717) is 17.9 Å². The number of hydrogen-bond acceptors (Lipinski definition) is 5. The molecule has 2 aromatic carbocycles. The highest BCUT2D eigenvalue weighted by atomic mass is 16.5. The number of nitrogens with one attached hydrogen (secondary N) is 1. The van der Waals surface area contributed by atoms with Crippen LogP contribution in [0, 0.1) is 0 Å². The number of nitrogens with zero attached hydrogens (tertiary/aromatic N) is 2. The minimum absolute atomic E-state index is 0.0393. The summed E-state index contributed by atoms with van der Waals surface area (Å²) in [5, 5.41) is 2.59. The summed E-state index contributed by atoms with van der Waals surface area (Å²) in [6, 6.07) is 19.8. The zero-order valence-electron chi connectivity index (χ0n) is 16.4. The Bertz CT molecular complexity index is 1040. The third-order valence-electron chi connectivity index (χ3n) is 4.97. The van der Waals surface area contributed by atoms with Crippen molar-refractivity contribution in [2.75, 3.05) is 19.0 Å². The number of carbonyl (C=O) groups is 2. The van der Waals surface area contributed by atoms with Gasteiger partial charge >= 0.3 is 6.09 Å². The van der Waals surface area contributed by atoms with E-state index in [9.17, 15) is 9.59 Å². The lowest BCUT2D eigenvalue weighted by Gasteiger charge is -2.25. The highest BCUT2D eigenvalue weighted by molar-refractivity contribution is 5.99. The Morgan fingerprint density at radius 1 is 1.07 bits per heavy atom. The molecule has 3 aromatic rings. The van der Waals surface area contributed by atoms with E-state index >= 15 is 0 Å². The van der Waals surface area contributed by atoms with E-state index in [1.54, 1.807) is 42.5 Å². The number of carbonyl (C=O) groups excluding carboxylic acids is 2. The smallest absolute Gasteiger partial charge is 0.412 e. The van der Waals surface area contributed by atoms with Gasteiger partial charge in [-0.2, -0.15) is 0 Å². The second kappa shape index (κ2) is 8.65. The van der Waals surface area contributed by atoms with Crippen LogP contribution in [0.25, 0.3) is 0 Å². The number of anilines is 1. The Hall–Kier alpha value is -3.87. The Labute approximate surface area is 174 Å². The van der Waals surface area contributed by atoms with Crippen molar-refractivity contribution in [2.24, 2.45) is 0 Å². The second-order valence-corrected chi connectivity index (χ2v) is 6.82. The van der Waals surface area contributed by atoms with Gasteiger partial charge in [0.05, 0.1) is 13.2 Å². The molecule has 0 saturated heterocycles. The molecule has 1 aliphatic rings. The Kier molecular flexibility index (Phi) is 5.61. The van der Waals surface area contributed by atoms with E-state index in [1.807, 2.05) is 42.5 Å². The summed E-state index contributed by atoms with van der Waals surface area (Å²) in [6.07, 6.45) is 0.966. The number of rotatable bonds is 6. The van der Waals surface area contributed by atoms with E-state index in [2.05, 4.69) is 10.3 Å². The van der Waals surface area contributed by atoms with Crippen LogP contribution in [0.15, 0.2) is 72.9 Å². The molecular formula is C23H21N3O4. The molecule has 1 N–H and O–H groups in total. The molecule has 0 aliphatic carbocycles. The lowest BCUT2D eigenvalue weighted by atomic mass is 10.1. The van der Waals surface area contributed by atoms with Crippen LogP contribution in [-0.2, 0) is 11.3 Å². The highest BCUT2D eigenvalue weighted by Crippen LogP contribution is 2.35. The molecule has 7 heteroatoms. The number of amides is 2. The minimum atomic E-state index is -0.616. The third kappa shape index (κ3) is 4.10.